The summed E-state index contributed by atoms with van der Waals surface area (Å²) in [7, 11) is 0. The van der Waals surface area contributed by atoms with Crippen molar-refractivity contribution >= 4 is 11.9 Å². The number of benzene rings is 2. The van der Waals surface area contributed by atoms with Crippen molar-refractivity contribution in [3.8, 4) is 0 Å². The van der Waals surface area contributed by atoms with Crippen LogP contribution in [0.5, 0.6) is 0 Å². The van der Waals surface area contributed by atoms with Crippen LogP contribution in [0.3, 0.4) is 0 Å². The summed E-state index contributed by atoms with van der Waals surface area (Å²) in [6.45, 7) is 0.793. The number of hydrogen-bond acceptors (Lipinski definition) is 2. The van der Waals surface area contributed by atoms with Crippen molar-refractivity contribution in [3.05, 3.63) is 84.4 Å². The Labute approximate surface area is 123 Å². The topological polar surface area (TPSA) is 41.1 Å². The Morgan fingerprint density at radius 2 is 1.81 bits per heavy atom. The second kappa shape index (κ2) is 6.05. The molecule has 0 aliphatic carbocycles. The Morgan fingerprint density at radius 3 is 2.48 bits per heavy atom. The van der Waals surface area contributed by atoms with Gasteiger partial charge in [-0.05, 0) is 17.7 Å². The highest BCUT2D eigenvalue weighted by Crippen LogP contribution is 2.09. The minimum absolute atomic E-state index is 0.736. The largest absolute Gasteiger partial charge is 0.333 e. The van der Waals surface area contributed by atoms with Crippen LogP contribution in [0.15, 0.2) is 73.3 Å². The second-order valence-corrected chi connectivity index (χ2v) is 4.79. The van der Waals surface area contributed by atoms with Crippen LogP contribution >= 0.6 is 0 Å². The zero-order valence-electron chi connectivity index (χ0n) is 11.5. The molecule has 0 unspecified atom stereocenters. The molecule has 0 spiro atoms. The van der Waals surface area contributed by atoms with Crippen molar-refractivity contribution in [1.29, 1.82) is 0 Å². The second-order valence-electron chi connectivity index (χ2n) is 4.79. The van der Waals surface area contributed by atoms with Crippen molar-refractivity contribution in [2.45, 2.75) is 6.54 Å². The molecule has 1 aromatic heterocycles. The zero-order chi connectivity index (χ0) is 14.5. The van der Waals surface area contributed by atoms with E-state index in [2.05, 4.69) is 4.98 Å². The molecule has 0 saturated heterocycles. The van der Waals surface area contributed by atoms with Crippen molar-refractivity contribution in [2.24, 2.45) is 0 Å². The smallest absolute Gasteiger partial charge is 0.257 e. The van der Waals surface area contributed by atoms with Gasteiger partial charge in [0.2, 0.25) is 6.21 Å². The zero-order valence-corrected chi connectivity index (χ0v) is 11.5. The molecular weight excluding hydrogens is 262 g/mol. The summed E-state index contributed by atoms with van der Waals surface area (Å²) in [4.78, 5) is 4.03. The summed E-state index contributed by atoms with van der Waals surface area (Å²) >= 11 is 0. The average Bonchev–Trinajstić information content (AvgIpc) is 3.03. The van der Waals surface area contributed by atoms with Crippen LogP contribution in [0, 0.1) is 0 Å². The van der Waals surface area contributed by atoms with Gasteiger partial charge in [-0.15, -0.1) is 0 Å². The van der Waals surface area contributed by atoms with Crippen molar-refractivity contribution in [2.75, 3.05) is 0 Å². The Balaban J connectivity index is 1.75. The number of rotatable bonds is 4. The number of aromatic nitrogens is 2. The number of para-hydroxylation sites is 1. The molecule has 2 aromatic carbocycles. The molecule has 0 atom stereocenters. The van der Waals surface area contributed by atoms with Gasteiger partial charge in [-0.2, -0.15) is 0 Å². The molecule has 104 valence electrons. The summed E-state index contributed by atoms with van der Waals surface area (Å²) in [5.74, 6) is 0. The van der Waals surface area contributed by atoms with E-state index in [1.54, 1.807) is 18.7 Å². The Morgan fingerprint density at radius 1 is 1.05 bits per heavy atom. The molecule has 0 aliphatic rings. The fraction of sp³-hybridized carbons (Fsp3) is 0.0588. The molecule has 21 heavy (non-hydrogen) atoms. The fourth-order valence-electron chi connectivity index (χ4n) is 2.10. The molecule has 3 rings (SSSR count). The van der Waals surface area contributed by atoms with Crippen molar-refractivity contribution < 1.29 is 9.95 Å². The lowest BCUT2D eigenvalue weighted by molar-refractivity contribution is -0.709. The highest BCUT2D eigenvalue weighted by atomic mass is 16.5. The van der Waals surface area contributed by atoms with Gasteiger partial charge in [-0.3, -0.25) is 5.21 Å². The van der Waals surface area contributed by atoms with E-state index >= 15 is 0 Å². The SMILES string of the molecule is O[N+](=Cc1ccc(Cn2ccnc2)cc1)c1ccccc1. The van der Waals surface area contributed by atoms with Gasteiger partial charge in [0.05, 0.1) is 6.33 Å². The van der Waals surface area contributed by atoms with Crippen molar-refractivity contribution in [3.63, 3.8) is 0 Å². The molecule has 0 saturated carbocycles. The summed E-state index contributed by atoms with van der Waals surface area (Å²) in [5.41, 5.74) is 2.87. The lowest BCUT2D eigenvalue weighted by atomic mass is 10.1. The molecule has 0 aliphatic heterocycles. The molecule has 0 radical (unpaired) electrons. The maximum atomic E-state index is 10.0. The molecule has 4 nitrogen and oxygen atoms in total. The van der Waals surface area contributed by atoms with Crippen LogP contribution in [-0.4, -0.2) is 25.7 Å². The van der Waals surface area contributed by atoms with E-state index in [0.717, 1.165) is 22.5 Å². The standard InChI is InChI=1S/C17H16N3O/c21-20(17-4-2-1-3-5-17)13-16-8-6-15(7-9-16)12-19-11-10-18-14-19/h1-11,13-14,21H,12H2/q+1. The third-order valence-corrected chi connectivity index (χ3v) is 3.20. The van der Waals surface area contributed by atoms with Crippen LogP contribution < -0.4 is 0 Å². The van der Waals surface area contributed by atoms with E-state index in [0.29, 0.717) is 0 Å². The first-order chi connectivity index (χ1) is 10.3. The Bertz CT molecular complexity index is 716. The van der Waals surface area contributed by atoms with E-state index in [1.165, 1.54) is 5.56 Å². The summed E-state index contributed by atoms with van der Waals surface area (Å²) in [6, 6.07) is 17.5. The molecule has 0 amide bonds. The first-order valence-corrected chi connectivity index (χ1v) is 6.74. The Hall–Kier alpha value is -2.88. The third kappa shape index (κ3) is 3.36. The highest BCUT2D eigenvalue weighted by molar-refractivity contribution is 5.76. The van der Waals surface area contributed by atoms with Gasteiger partial charge in [0.1, 0.15) is 0 Å². The summed E-state index contributed by atoms with van der Waals surface area (Å²) in [5, 5.41) is 10.0. The van der Waals surface area contributed by atoms with Gasteiger partial charge in [-0.25, -0.2) is 4.98 Å². The molecule has 1 N–H and O–H groups in total. The predicted octanol–water partition coefficient (Wildman–Crippen LogP) is 3.08. The van der Waals surface area contributed by atoms with Crippen LogP contribution in [0.2, 0.25) is 0 Å². The fourth-order valence-corrected chi connectivity index (χ4v) is 2.10. The Kier molecular flexibility index (Phi) is 3.78. The third-order valence-electron chi connectivity index (χ3n) is 3.20. The van der Waals surface area contributed by atoms with Gasteiger partial charge in [0.15, 0.2) is 0 Å². The van der Waals surface area contributed by atoms with Gasteiger partial charge >= 0.3 is 0 Å². The molecule has 1 heterocycles. The first-order valence-electron chi connectivity index (χ1n) is 6.74. The highest BCUT2D eigenvalue weighted by Gasteiger charge is 2.06. The van der Waals surface area contributed by atoms with E-state index < -0.39 is 0 Å². The van der Waals surface area contributed by atoms with E-state index in [-0.39, 0.29) is 0 Å². The molecule has 0 fully saturated rings. The maximum Gasteiger partial charge on any atom is 0.257 e. The lowest BCUT2D eigenvalue weighted by Crippen LogP contribution is -2.02. The van der Waals surface area contributed by atoms with Gasteiger partial charge < -0.3 is 4.57 Å². The lowest BCUT2D eigenvalue weighted by Gasteiger charge is -2.02. The molecule has 3 aromatic rings. The first kappa shape index (κ1) is 13.1. The van der Waals surface area contributed by atoms with Gasteiger partial charge in [0.25, 0.3) is 5.69 Å². The van der Waals surface area contributed by atoms with E-state index in [4.69, 9.17) is 0 Å². The average molecular weight is 278 g/mol. The minimum atomic E-state index is 0.736. The van der Waals surface area contributed by atoms with Crippen LogP contribution in [0.25, 0.3) is 0 Å². The van der Waals surface area contributed by atoms with Crippen LogP contribution in [-0.2, 0) is 6.54 Å². The summed E-state index contributed by atoms with van der Waals surface area (Å²) < 4.78 is 3.14. The quantitative estimate of drug-likeness (QED) is 0.345. The van der Waals surface area contributed by atoms with Crippen molar-refractivity contribution in [1.82, 2.24) is 9.55 Å². The van der Waals surface area contributed by atoms with Crippen LogP contribution in [0.4, 0.5) is 5.69 Å². The predicted molar refractivity (Wildman–Crippen MR) is 81.1 cm³/mol. The molecule has 0 bridgehead atoms. The van der Waals surface area contributed by atoms with E-state index in [1.807, 2.05) is 65.4 Å². The van der Waals surface area contributed by atoms with E-state index in [9.17, 15) is 5.21 Å². The number of nitrogens with zero attached hydrogens (tertiary/aromatic N) is 3. The number of imidazole rings is 1. The maximum absolute atomic E-state index is 10.0. The summed E-state index contributed by atoms with van der Waals surface area (Å²) in [6.07, 6.45) is 7.19. The normalized spacial score (nSPS) is 11.5. The molecular formula is C17H16N3O+. The van der Waals surface area contributed by atoms with Crippen LogP contribution in [0.1, 0.15) is 11.1 Å². The molecule has 4 heteroatoms. The number of hydrogen-bond donors (Lipinski definition) is 1. The monoisotopic (exact) mass is 278 g/mol. The van der Waals surface area contributed by atoms with Gasteiger partial charge in [-0.1, -0.05) is 30.3 Å². The van der Waals surface area contributed by atoms with Gasteiger partial charge in [0, 0.05) is 41.4 Å². The minimum Gasteiger partial charge on any atom is -0.333 e.